The molecule has 0 heterocycles. The fourth-order valence-electron chi connectivity index (χ4n) is 2.72. The van der Waals surface area contributed by atoms with E-state index in [1.165, 1.54) is 5.48 Å². The van der Waals surface area contributed by atoms with Gasteiger partial charge in [-0.05, 0) is 49.2 Å². The monoisotopic (exact) mass is 474 g/mol. The number of benzene rings is 2. The van der Waals surface area contributed by atoms with Gasteiger partial charge in [0.05, 0.1) is 16.6 Å². The fourth-order valence-corrected chi connectivity index (χ4v) is 4.33. The second-order valence-corrected chi connectivity index (χ2v) is 8.71. The SMILES string of the molecule is NC(N)=NCCC[C@@H](CS(=O)(=O)c1cc(F)c(Oc2ccc(F)cc2)c(F)c1)C(=O)NO. The lowest BCUT2D eigenvalue weighted by molar-refractivity contribution is -0.132. The van der Waals surface area contributed by atoms with Gasteiger partial charge in [0, 0.05) is 6.54 Å². The van der Waals surface area contributed by atoms with E-state index in [-0.39, 0.29) is 31.1 Å². The van der Waals surface area contributed by atoms with Crippen molar-refractivity contribution in [2.45, 2.75) is 17.7 Å². The molecule has 0 aliphatic rings. The number of carbonyl (C=O) groups is 1. The molecule has 2 aromatic carbocycles. The van der Waals surface area contributed by atoms with Crippen LogP contribution in [-0.4, -0.2) is 37.8 Å². The molecule has 13 heteroatoms. The Bertz CT molecular complexity index is 1070. The number of rotatable bonds is 10. The summed E-state index contributed by atoms with van der Waals surface area (Å²) in [6, 6.07) is 5.40. The Morgan fingerprint density at radius 3 is 2.25 bits per heavy atom. The van der Waals surface area contributed by atoms with E-state index in [4.69, 9.17) is 21.4 Å². The van der Waals surface area contributed by atoms with E-state index in [9.17, 15) is 26.4 Å². The Kier molecular flexibility index (Phi) is 8.43. The number of halogens is 3. The van der Waals surface area contributed by atoms with Gasteiger partial charge in [0.15, 0.2) is 33.2 Å². The minimum absolute atomic E-state index is 0.0286. The Balaban J connectivity index is 2.22. The molecule has 0 saturated carbocycles. The molecule has 0 saturated heterocycles. The van der Waals surface area contributed by atoms with Crippen LogP contribution in [0.1, 0.15) is 12.8 Å². The largest absolute Gasteiger partial charge is 0.451 e. The smallest absolute Gasteiger partial charge is 0.247 e. The van der Waals surface area contributed by atoms with Crippen LogP contribution in [0.4, 0.5) is 13.2 Å². The van der Waals surface area contributed by atoms with Gasteiger partial charge < -0.3 is 16.2 Å². The molecule has 32 heavy (non-hydrogen) atoms. The number of ether oxygens (including phenoxy) is 1. The first-order valence-electron chi connectivity index (χ1n) is 9.18. The number of hydrogen-bond donors (Lipinski definition) is 4. The Labute approximate surface area is 181 Å². The molecule has 0 unspecified atom stereocenters. The number of hydrogen-bond acceptors (Lipinski definition) is 6. The number of hydroxylamine groups is 1. The number of amides is 1. The minimum Gasteiger partial charge on any atom is -0.451 e. The molecule has 2 aromatic rings. The van der Waals surface area contributed by atoms with E-state index in [0.717, 1.165) is 24.3 Å². The van der Waals surface area contributed by atoms with Gasteiger partial charge in [-0.3, -0.25) is 15.0 Å². The van der Waals surface area contributed by atoms with Gasteiger partial charge in [-0.2, -0.15) is 0 Å². The third-order valence-corrected chi connectivity index (χ3v) is 6.07. The van der Waals surface area contributed by atoms with Crippen molar-refractivity contribution < 1.29 is 36.3 Å². The molecule has 0 bridgehead atoms. The van der Waals surface area contributed by atoms with Crippen LogP contribution in [0.3, 0.4) is 0 Å². The van der Waals surface area contributed by atoms with E-state index in [1.54, 1.807) is 0 Å². The highest BCUT2D eigenvalue weighted by atomic mass is 32.2. The highest BCUT2D eigenvalue weighted by Gasteiger charge is 2.28. The summed E-state index contributed by atoms with van der Waals surface area (Å²) in [5, 5.41) is 8.88. The molecule has 0 aliphatic carbocycles. The molecule has 1 amide bonds. The van der Waals surface area contributed by atoms with Crippen molar-refractivity contribution in [1.82, 2.24) is 5.48 Å². The van der Waals surface area contributed by atoms with E-state index < -0.39 is 55.5 Å². The average molecular weight is 474 g/mol. The van der Waals surface area contributed by atoms with Crippen LogP contribution in [0, 0.1) is 23.4 Å². The van der Waals surface area contributed by atoms with Crippen LogP contribution < -0.4 is 21.7 Å². The minimum atomic E-state index is -4.35. The molecule has 0 aromatic heterocycles. The number of nitrogens with two attached hydrogens (primary N) is 2. The summed E-state index contributed by atoms with van der Waals surface area (Å²) in [4.78, 5) is 14.8. The maximum atomic E-state index is 14.4. The molecule has 0 radical (unpaired) electrons. The molecule has 0 fully saturated rings. The highest BCUT2D eigenvalue weighted by Crippen LogP contribution is 2.31. The number of sulfone groups is 1. The number of nitrogens with one attached hydrogen (secondary N) is 1. The van der Waals surface area contributed by atoms with Gasteiger partial charge in [0.25, 0.3) is 0 Å². The highest BCUT2D eigenvalue weighted by molar-refractivity contribution is 7.91. The lowest BCUT2D eigenvalue weighted by atomic mass is 10.1. The average Bonchev–Trinajstić information content (AvgIpc) is 2.73. The van der Waals surface area contributed by atoms with Crippen LogP contribution in [0.15, 0.2) is 46.3 Å². The molecule has 6 N–H and O–H groups in total. The molecule has 2 rings (SSSR count). The van der Waals surface area contributed by atoms with Crippen molar-refractivity contribution in [3.8, 4) is 11.5 Å². The van der Waals surface area contributed by atoms with Gasteiger partial charge >= 0.3 is 0 Å². The van der Waals surface area contributed by atoms with Crippen LogP contribution in [0.2, 0.25) is 0 Å². The Morgan fingerprint density at radius 2 is 1.72 bits per heavy atom. The van der Waals surface area contributed by atoms with Gasteiger partial charge in [0.1, 0.15) is 11.6 Å². The summed E-state index contributed by atoms with van der Waals surface area (Å²) >= 11 is 0. The Morgan fingerprint density at radius 1 is 1.12 bits per heavy atom. The maximum absolute atomic E-state index is 14.4. The topological polar surface area (TPSA) is 157 Å². The molecule has 0 spiro atoms. The first kappa shape index (κ1) is 24.9. The molecule has 1 atom stereocenters. The van der Waals surface area contributed by atoms with Crippen LogP contribution in [0.5, 0.6) is 11.5 Å². The normalized spacial score (nSPS) is 12.1. The Hall–Kier alpha value is -3.32. The lowest BCUT2D eigenvalue weighted by Crippen LogP contribution is -2.33. The number of guanidine groups is 1. The molecule has 9 nitrogen and oxygen atoms in total. The molecular weight excluding hydrogens is 453 g/mol. The van der Waals surface area contributed by atoms with Crippen molar-refractivity contribution in [2.75, 3.05) is 12.3 Å². The van der Waals surface area contributed by atoms with Crippen molar-refractivity contribution in [2.24, 2.45) is 22.4 Å². The summed E-state index contributed by atoms with van der Waals surface area (Å²) in [5.41, 5.74) is 11.7. The lowest BCUT2D eigenvalue weighted by Gasteiger charge is -2.15. The second kappa shape index (κ2) is 10.8. The summed E-state index contributed by atoms with van der Waals surface area (Å²) < 4.78 is 72.2. The summed E-state index contributed by atoms with van der Waals surface area (Å²) in [7, 11) is -4.35. The first-order valence-corrected chi connectivity index (χ1v) is 10.8. The number of nitrogens with zero attached hydrogens (tertiary/aromatic N) is 1. The van der Waals surface area contributed by atoms with Gasteiger partial charge in [-0.25, -0.2) is 27.1 Å². The first-order chi connectivity index (χ1) is 15.0. The maximum Gasteiger partial charge on any atom is 0.247 e. The van der Waals surface area contributed by atoms with Crippen LogP contribution >= 0.6 is 0 Å². The van der Waals surface area contributed by atoms with Crippen LogP contribution in [0.25, 0.3) is 0 Å². The predicted molar refractivity (Wildman–Crippen MR) is 108 cm³/mol. The standard InChI is InChI=1S/C19H21F3N4O5S/c20-12-3-5-13(6-4-12)31-17-15(21)8-14(9-16(17)22)32(29,30)10-11(18(27)26-28)2-1-7-25-19(23)24/h3-6,8-9,11,28H,1-2,7,10H2,(H,26,27)(H4,23,24,25)/t11-/m0/s1. The van der Waals surface area contributed by atoms with Gasteiger partial charge in [-0.1, -0.05) is 0 Å². The van der Waals surface area contributed by atoms with Gasteiger partial charge in [0.2, 0.25) is 5.91 Å². The predicted octanol–water partition coefficient (Wildman–Crippen LogP) is 1.85. The zero-order valence-electron chi connectivity index (χ0n) is 16.6. The summed E-state index contributed by atoms with van der Waals surface area (Å²) in [5.74, 6) is -7.41. The van der Waals surface area contributed by atoms with E-state index in [2.05, 4.69) is 4.99 Å². The van der Waals surface area contributed by atoms with Crippen molar-refractivity contribution in [3.63, 3.8) is 0 Å². The molecule has 0 aliphatic heterocycles. The van der Waals surface area contributed by atoms with Crippen molar-refractivity contribution >= 4 is 21.7 Å². The third kappa shape index (κ3) is 6.85. The van der Waals surface area contributed by atoms with Crippen molar-refractivity contribution in [1.29, 1.82) is 0 Å². The van der Waals surface area contributed by atoms with E-state index >= 15 is 0 Å². The molecular formula is C19H21F3N4O5S. The van der Waals surface area contributed by atoms with Crippen LogP contribution in [-0.2, 0) is 14.6 Å². The second-order valence-electron chi connectivity index (χ2n) is 6.68. The summed E-state index contributed by atoms with van der Waals surface area (Å²) in [6.07, 6.45) is 0.178. The van der Waals surface area contributed by atoms with E-state index in [0.29, 0.717) is 12.1 Å². The zero-order valence-corrected chi connectivity index (χ0v) is 17.4. The number of carbonyl (C=O) groups excluding carboxylic acids is 1. The fraction of sp³-hybridized carbons (Fsp3) is 0.263. The van der Waals surface area contributed by atoms with E-state index in [1.807, 2.05) is 0 Å². The quantitative estimate of drug-likeness (QED) is 0.135. The zero-order chi connectivity index (χ0) is 23.9. The van der Waals surface area contributed by atoms with Crippen molar-refractivity contribution in [3.05, 3.63) is 53.8 Å². The van der Waals surface area contributed by atoms with Gasteiger partial charge in [-0.15, -0.1) is 0 Å². The number of aliphatic imine (C=N–C) groups is 1. The summed E-state index contributed by atoms with van der Waals surface area (Å²) in [6.45, 7) is 0.107. The third-order valence-electron chi connectivity index (χ3n) is 4.27. The molecule has 174 valence electrons.